The van der Waals surface area contributed by atoms with Crippen molar-refractivity contribution in [2.75, 3.05) is 6.54 Å². The molecule has 1 aliphatic carbocycles. The number of ether oxygens (including phenoxy) is 1. The number of aromatic amines is 1. The second-order valence-electron chi connectivity index (χ2n) is 7.84. The normalized spacial score (nSPS) is 22.2. The maximum Gasteiger partial charge on any atom is 0.129 e. The van der Waals surface area contributed by atoms with Gasteiger partial charge in [0.05, 0.1) is 41.8 Å². The highest BCUT2D eigenvalue weighted by Crippen LogP contribution is 2.37. The molecule has 164 valence electrons. The fraction of sp³-hybridized carbons (Fsp3) is 0.364. The van der Waals surface area contributed by atoms with Gasteiger partial charge in [0.15, 0.2) is 0 Å². The van der Waals surface area contributed by atoms with Gasteiger partial charge in [0, 0.05) is 28.8 Å². The van der Waals surface area contributed by atoms with Crippen LogP contribution in [0.1, 0.15) is 36.9 Å². The summed E-state index contributed by atoms with van der Waals surface area (Å²) in [5.41, 5.74) is 6.17. The van der Waals surface area contributed by atoms with Gasteiger partial charge in [-0.2, -0.15) is 5.10 Å². The Morgan fingerprint density at radius 1 is 1.06 bits per heavy atom. The third kappa shape index (κ3) is 4.34. The maximum absolute atomic E-state index is 13.4. The number of allylic oxidation sites excluding steroid dienone is 1. The molecule has 0 unspecified atom stereocenters. The number of nitrogens with one attached hydrogen (secondary N) is 2. The van der Waals surface area contributed by atoms with E-state index in [1.165, 1.54) is 12.1 Å². The van der Waals surface area contributed by atoms with E-state index in [-0.39, 0.29) is 30.2 Å². The monoisotopic (exact) mass is 466 g/mol. The second kappa shape index (κ2) is 9.01. The molecule has 9 heteroatoms. The van der Waals surface area contributed by atoms with Crippen molar-refractivity contribution in [1.82, 2.24) is 10.4 Å². The summed E-state index contributed by atoms with van der Waals surface area (Å²) in [6.07, 6.45) is 6.97. The van der Waals surface area contributed by atoms with Gasteiger partial charge in [-0.3, -0.25) is 4.99 Å². The van der Waals surface area contributed by atoms with Crippen LogP contribution < -0.4 is 20.9 Å². The topological polar surface area (TPSA) is 61.8 Å². The minimum Gasteiger partial charge on any atom is -0.490 e. The van der Waals surface area contributed by atoms with Gasteiger partial charge in [-0.15, -0.1) is 12.4 Å². The lowest BCUT2D eigenvalue weighted by Gasteiger charge is -2.30. The van der Waals surface area contributed by atoms with E-state index < -0.39 is 11.6 Å². The van der Waals surface area contributed by atoms with Gasteiger partial charge < -0.3 is 15.1 Å². The lowest BCUT2D eigenvalue weighted by molar-refractivity contribution is 0.142. The largest absolute Gasteiger partial charge is 0.490 e. The number of nitrogens with zero attached hydrogens (tertiary/aromatic N) is 2. The molecule has 0 saturated heterocycles. The first-order valence-electron chi connectivity index (χ1n) is 10.1. The molecule has 1 saturated carbocycles. The zero-order valence-electron chi connectivity index (χ0n) is 16.6. The van der Waals surface area contributed by atoms with Crippen LogP contribution >= 0.6 is 24.0 Å². The Morgan fingerprint density at radius 2 is 1.81 bits per heavy atom. The van der Waals surface area contributed by atoms with Crippen LogP contribution in [-0.2, 0) is 6.54 Å². The molecule has 1 fully saturated rings. The average Bonchev–Trinajstić information content (AvgIpc) is 2.98. The van der Waals surface area contributed by atoms with Crippen molar-refractivity contribution in [2.24, 2.45) is 16.0 Å². The molecule has 2 aliphatic heterocycles. The van der Waals surface area contributed by atoms with Gasteiger partial charge >= 0.3 is 0 Å². The number of benzene rings is 1. The predicted octanol–water partition coefficient (Wildman–Crippen LogP) is 3.70. The number of aromatic nitrogens is 1. The first-order valence-corrected chi connectivity index (χ1v) is 10.5. The standard InChI is InChI=1S/C22H21ClF2N4O.ClH/c23-18-5-6-26-21-17-10-27-28-11-19(17)29-22(21)20(18)12-1-3-15(4-2-12)30-16-8-13(24)7-14(25)9-16;/h5,7-9,11-12,15,27,29H,1-4,6,10H2;1H. The molecule has 2 N–H and O–H groups in total. The smallest absolute Gasteiger partial charge is 0.129 e. The fourth-order valence-electron chi connectivity index (χ4n) is 4.55. The molecule has 5 rings (SSSR count). The van der Waals surface area contributed by atoms with Gasteiger partial charge in [0.1, 0.15) is 17.4 Å². The minimum atomic E-state index is -0.630. The van der Waals surface area contributed by atoms with E-state index in [1.54, 1.807) is 6.21 Å². The summed E-state index contributed by atoms with van der Waals surface area (Å²) in [5.74, 6) is -0.764. The highest BCUT2D eigenvalue weighted by molar-refractivity contribution is 6.35. The van der Waals surface area contributed by atoms with Crippen molar-refractivity contribution < 1.29 is 13.5 Å². The Bertz CT molecular complexity index is 1150. The molecular weight excluding hydrogens is 445 g/mol. The van der Waals surface area contributed by atoms with Crippen LogP contribution in [0.5, 0.6) is 5.75 Å². The van der Waals surface area contributed by atoms with Crippen LogP contribution in [0.3, 0.4) is 0 Å². The number of rotatable bonds is 3. The Balaban J connectivity index is 0.00000231. The molecule has 2 aromatic rings. The fourth-order valence-corrected chi connectivity index (χ4v) is 4.86. The molecule has 1 aromatic carbocycles. The number of halogens is 4. The third-order valence-corrected chi connectivity index (χ3v) is 6.27. The molecule has 0 radical (unpaired) electrons. The van der Waals surface area contributed by atoms with Crippen molar-refractivity contribution in [1.29, 1.82) is 0 Å². The van der Waals surface area contributed by atoms with Gasteiger partial charge in [-0.1, -0.05) is 11.6 Å². The van der Waals surface area contributed by atoms with Crippen LogP contribution in [0.15, 0.2) is 39.4 Å². The van der Waals surface area contributed by atoms with E-state index in [4.69, 9.17) is 21.3 Å². The summed E-state index contributed by atoms with van der Waals surface area (Å²) in [6, 6.07) is 3.29. The summed E-state index contributed by atoms with van der Waals surface area (Å²) in [7, 11) is 0. The average molecular weight is 467 g/mol. The van der Waals surface area contributed by atoms with Crippen molar-refractivity contribution in [2.45, 2.75) is 38.3 Å². The van der Waals surface area contributed by atoms with Crippen molar-refractivity contribution >= 4 is 35.8 Å². The molecule has 0 atom stereocenters. The molecule has 1 aromatic heterocycles. The zero-order valence-corrected chi connectivity index (χ0v) is 18.2. The van der Waals surface area contributed by atoms with E-state index in [0.717, 1.165) is 64.3 Å². The van der Waals surface area contributed by atoms with Crippen LogP contribution in [0, 0.1) is 17.6 Å². The first kappa shape index (κ1) is 21.8. The van der Waals surface area contributed by atoms with E-state index in [2.05, 4.69) is 15.5 Å². The number of fused-ring (bicyclic) bond motifs is 3. The molecule has 5 nitrogen and oxygen atoms in total. The SMILES string of the molecule is Cl.Fc1cc(F)cc(OC2CCC(C3=c4[nH]c5c(c4=NCC=C3Cl)CNN=C5)CC2)c1. The van der Waals surface area contributed by atoms with E-state index in [1.807, 2.05) is 6.08 Å². The zero-order chi connectivity index (χ0) is 20.7. The third-order valence-electron chi connectivity index (χ3n) is 5.92. The molecular formula is C22H22Cl2F2N4O. The molecule has 0 bridgehead atoms. The Morgan fingerprint density at radius 3 is 2.55 bits per heavy atom. The summed E-state index contributed by atoms with van der Waals surface area (Å²) in [4.78, 5) is 8.21. The van der Waals surface area contributed by atoms with E-state index in [9.17, 15) is 8.78 Å². The minimum absolute atomic E-state index is 0. The molecule has 31 heavy (non-hydrogen) atoms. The van der Waals surface area contributed by atoms with E-state index >= 15 is 0 Å². The molecule has 0 spiro atoms. The van der Waals surface area contributed by atoms with Gasteiger partial charge in [-0.25, -0.2) is 8.78 Å². The quantitative estimate of drug-likeness (QED) is 0.724. The van der Waals surface area contributed by atoms with Gasteiger partial charge in [0.25, 0.3) is 0 Å². The Labute approximate surface area is 189 Å². The number of hydrazone groups is 1. The van der Waals surface area contributed by atoms with Crippen molar-refractivity contribution in [3.05, 3.63) is 62.9 Å². The summed E-state index contributed by atoms with van der Waals surface area (Å²) in [6.45, 7) is 1.18. The summed E-state index contributed by atoms with van der Waals surface area (Å²) in [5, 5.41) is 6.80. The molecule has 3 aliphatic rings. The lowest BCUT2D eigenvalue weighted by Crippen LogP contribution is -2.33. The predicted molar refractivity (Wildman–Crippen MR) is 118 cm³/mol. The Hall–Kier alpha value is -2.38. The van der Waals surface area contributed by atoms with Crippen molar-refractivity contribution in [3.8, 4) is 5.75 Å². The number of hydrogen-bond acceptors (Lipinski definition) is 4. The highest BCUT2D eigenvalue weighted by Gasteiger charge is 2.29. The maximum atomic E-state index is 13.4. The number of H-pyrrole nitrogens is 1. The first-order chi connectivity index (χ1) is 14.6. The van der Waals surface area contributed by atoms with Crippen molar-refractivity contribution in [3.63, 3.8) is 0 Å². The Kier molecular flexibility index (Phi) is 6.34. The van der Waals surface area contributed by atoms with Gasteiger partial charge in [0.2, 0.25) is 0 Å². The van der Waals surface area contributed by atoms with Crippen LogP contribution in [-0.4, -0.2) is 23.8 Å². The van der Waals surface area contributed by atoms with Gasteiger partial charge in [-0.05, 0) is 43.3 Å². The van der Waals surface area contributed by atoms with E-state index in [0.29, 0.717) is 13.1 Å². The molecule has 3 heterocycles. The second-order valence-corrected chi connectivity index (χ2v) is 8.24. The molecule has 0 amide bonds. The number of hydrogen-bond donors (Lipinski definition) is 2. The summed E-state index contributed by atoms with van der Waals surface area (Å²) < 4.78 is 32.7. The van der Waals surface area contributed by atoms with Crippen LogP contribution in [0.4, 0.5) is 8.78 Å². The summed E-state index contributed by atoms with van der Waals surface area (Å²) >= 11 is 6.69. The highest BCUT2D eigenvalue weighted by atomic mass is 35.5. The van der Waals surface area contributed by atoms with Crippen LogP contribution in [0.25, 0.3) is 5.57 Å². The van der Waals surface area contributed by atoms with Crippen LogP contribution in [0.2, 0.25) is 0 Å². The lowest BCUT2D eigenvalue weighted by atomic mass is 9.82.